The Labute approximate surface area is 230 Å². The highest BCUT2D eigenvalue weighted by Crippen LogP contribution is 2.27. The van der Waals surface area contributed by atoms with Crippen molar-refractivity contribution in [1.29, 1.82) is 0 Å². The van der Waals surface area contributed by atoms with Gasteiger partial charge in [0.05, 0.1) is 24.9 Å². The van der Waals surface area contributed by atoms with Gasteiger partial charge in [0.2, 0.25) is 11.7 Å². The number of aliphatic hydroxyl groups is 1. The van der Waals surface area contributed by atoms with Crippen molar-refractivity contribution in [3.8, 4) is 10.6 Å². The summed E-state index contributed by atoms with van der Waals surface area (Å²) >= 11 is 1.93. The summed E-state index contributed by atoms with van der Waals surface area (Å²) in [5.41, 5.74) is 0.228. The van der Waals surface area contributed by atoms with Crippen molar-refractivity contribution in [2.24, 2.45) is 0 Å². The van der Waals surface area contributed by atoms with Gasteiger partial charge >= 0.3 is 6.18 Å². The number of nitrogens with zero attached hydrogens (tertiary/aromatic N) is 2. The van der Waals surface area contributed by atoms with Crippen LogP contribution in [0.25, 0.3) is 10.6 Å². The summed E-state index contributed by atoms with van der Waals surface area (Å²) in [4.78, 5) is 45.2. The highest BCUT2D eigenvalue weighted by molar-refractivity contribution is 7.16. The Kier molecular flexibility index (Phi) is 12.6. The average Bonchev–Trinajstić information content (AvgIpc) is 3.59. The first kappa shape index (κ1) is 32.0. The smallest absolute Gasteiger partial charge is 0.389 e. The number of rotatable bonds is 11. The van der Waals surface area contributed by atoms with Gasteiger partial charge in [-0.25, -0.2) is 14.4 Å². The fourth-order valence-electron chi connectivity index (χ4n) is 2.90. The first-order chi connectivity index (χ1) is 18.4. The monoisotopic (exact) mass is 588 g/mol. The van der Waals surface area contributed by atoms with Crippen molar-refractivity contribution in [2.45, 2.75) is 57.9 Å². The molecule has 2 unspecified atom stereocenters. The fourth-order valence-corrected chi connectivity index (χ4v) is 4.39. The van der Waals surface area contributed by atoms with E-state index in [0.29, 0.717) is 0 Å². The van der Waals surface area contributed by atoms with Crippen LogP contribution in [-0.4, -0.2) is 57.5 Å². The molecule has 0 bridgehead atoms. The van der Waals surface area contributed by atoms with E-state index < -0.39 is 48.6 Å². The van der Waals surface area contributed by atoms with Gasteiger partial charge in [0, 0.05) is 23.6 Å². The number of halogens is 4. The fraction of sp³-hybridized carbons (Fsp3) is 0.400. The Balaban J connectivity index is 0.000000976. The summed E-state index contributed by atoms with van der Waals surface area (Å²) < 4.78 is 51.4. The number of nitrogens with one attached hydrogen (secondary N) is 2. The molecule has 0 saturated carbocycles. The quantitative estimate of drug-likeness (QED) is 0.214. The van der Waals surface area contributed by atoms with Crippen LogP contribution in [0.15, 0.2) is 42.0 Å². The molecule has 0 aliphatic rings. The maximum atomic E-state index is 13.9. The third kappa shape index (κ3) is 11.2. The maximum Gasteiger partial charge on any atom is 0.389 e. The average molecular weight is 589 g/mol. The van der Waals surface area contributed by atoms with Crippen molar-refractivity contribution in [3.05, 3.63) is 57.7 Å². The molecule has 3 rings (SSSR count). The van der Waals surface area contributed by atoms with Gasteiger partial charge in [-0.3, -0.25) is 14.4 Å². The highest BCUT2D eigenvalue weighted by atomic mass is 32.1. The molecule has 0 aliphatic heterocycles. The Bertz CT molecular complexity index is 1220. The van der Waals surface area contributed by atoms with Crippen LogP contribution in [0.5, 0.6) is 0 Å². The van der Waals surface area contributed by atoms with Crippen LogP contribution in [0.1, 0.15) is 59.0 Å². The summed E-state index contributed by atoms with van der Waals surface area (Å²) in [6, 6.07) is 4.71. The lowest BCUT2D eigenvalue weighted by Gasteiger charge is -2.17. The molecule has 1 aromatic carbocycles. The van der Waals surface area contributed by atoms with E-state index in [0.717, 1.165) is 29.1 Å². The van der Waals surface area contributed by atoms with Crippen LogP contribution in [-0.2, 0) is 4.79 Å². The second-order valence-electron chi connectivity index (χ2n) is 8.28. The number of thiazole rings is 2. The van der Waals surface area contributed by atoms with Crippen molar-refractivity contribution >= 4 is 40.3 Å². The SMILES string of the molecule is CCC(C)O.O=C(CNC(=O)c1cnc(-c2ccccc2F)s1)NC(CCCC(F)(F)F)C(=O)c1nccs1. The van der Waals surface area contributed by atoms with Gasteiger partial charge in [-0.2, -0.15) is 13.2 Å². The van der Waals surface area contributed by atoms with Crippen LogP contribution in [0.3, 0.4) is 0 Å². The number of Topliss-reactive ketones (excluding diaryl/α,β-unsaturated/α-hetero) is 1. The van der Waals surface area contributed by atoms with Gasteiger partial charge in [0.15, 0.2) is 5.01 Å². The predicted octanol–water partition coefficient (Wildman–Crippen LogP) is 5.01. The first-order valence-corrected chi connectivity index (χ1v) is 13.6. The molecule has 3 aromatic rings. The minimum atomic E-state index is -4.39. The van der Waals surface area contributed by atoms with E-state index in [9.17, 15) is 31.9 Å². The minimum Gasteiger partial charge on any atom is -0.393 e. The Morgan fingerprint density at radius 2 is 1.85 bits per heavy atom. The molecule has 14 heteroatoms. The lowest BCUT2D eigenvalue weighted by molar-refractivity contribution is -0.135. The van der Waals surface area contributed by atoms with Gasteiger partial charge < -0.3 is 15.7 Å². The van der Waals surface area contributed by atoms with Gasteiger partial charge in [-0.1, -0.05) is 19.1 Å². The number of hydrogen-bond donors (Lipinski definition) is 3. The number of aromatic nitrogens is 2. The molecule has 212 valence electrons. The molecule has 8 nitrogen and oxygen atoms in total. The molecule has 0 spiro atoms. The zero-order valence-electron chi connectivity index (χ0n) is 21.1. The van der Waals surface area contributed by atoms with Crippen molar-refractivity contribution in [2.75, 3.05) is 6.54 Å². The third-order valence-electron chi connectivity index (χ3n) is 5.08. The van der Waals surface area contributed by atoms with Crippen LogP contribution < -0.4 is 10.6 Å². The second-order valence-corrected chi connectivity index (χ2v) is 10.2. The van der Waals surface area contributed by atoms with Gasteiger partial charge in [-0.05, 0) is 38.3 Å². The van der Waals surface area contributed by atoms with E-state index in [1.165, 1.54) is 36.0 Å². The van der Waals surface area contributed by atoms with Crippen LogP contribution in [0, 0.1) is 5.82 Å². The Hall–Kier alpha value is -3.23. The topological polar surface area (TPSA) is 121 Å². The molecule has 2 aromatic heterocycles. The number of hydrogen-bond acceptors (Lipinski definition) is 8. The first-order valence-electron chi connectivity index (χ1n) is 11.9. The molecule has 39 heavy (non-hydrogen) atoms. The number of carbonyl (C=O) groups is 3. The van der Waals surface area contributed by atoms with E-state index in [1.807, 2.05) is 6.92 Å². The summed E-state index contributed by atoms with van der Waals surface area (Å²) in [6.45, 7) is 3.21. The maximum absolute atomic E-state index is 13.9. The zero-order chi connectivity index (χ0) is 29.0. The van der Waals surface area contributed by atoms with E-state index in [2.05, 4.69) is 20.6 Å². The second kappa shape index (κ2) is 15.4. The van der Waals surface area contributed by atoms with E-state index in [1.54, 1.807) is 13.0 Å². The molecule has 0 fully saturated rings. The van der Waals surface area contributed by atoms with Gasteiger partial charge in [0.25, 0.3) is 5.91 Å². The lowest BCUT2D eigenvalue weighted by atomic mass is 10.1. The summed E-state index contributed by atoms with van der Waals surface area (Å²) in [6.07, 6.45) is -2.73. The number of aliphatic hydroxyl groups excluding tert-OH is 1. The van der Waals surface area contributed by atoms with Crippen molar-refractivity contribution in [3.63, 3.8) is 0 Å². The van der Waals surface area contributed by atoms with E-state index in [4.69, 9.17) is 5.11 Å². The molecular weight excluding hydrogens is 560 g/mol. The highest BCUT2D eigenvalue weighted by Gasteiger charge is 2.29. The van der Waals surface area contributed by atoms with Crippen molar-refractivity contribution < 1.29 is 37.1 Å². The summed E-state index contributed by atoms with van der Waals surface area (Å²) in [5, 5.41) is 15.0. The standard InChI is InChI=1S/C21H18F4N4O3S2.C4H10O/c22-13-5-2-1-4-12(13)19-28-10-15(34-19)18(32)27-11-16(30)29-14(6-3-7-21(23,24)25)17(31)20-26-8-9-33-20;1-3-4(2)5/h1-2,4-5,8-10,14H,3,6-7,11H2,(H,27,32)(H,29,30);4-5H,3H2,1-2H3. The number of carbonyl (C=O) groups excluding carboxylic acids is 3. The predicted molar refractivity (Wildman–Crippen MR) is 140 cm³/mol. The van der Waals surface area contributed by atoms with Crippen LogP contribution in [0.2, 0.25) is 0 Å². The normalized spacial score (nSPS) is 12.6. The van der Waals surface area contributed by atoms with Gasteiger partial charge in [-0.15, -0.1) is 22.7 Å². The summed E-state index contributed by atoms with van der Waals surface area (Å²) in [5.74, 6) is -2.50. The van der Waals surface area contributed by atoms with Crippen molar-refractivity contribution in [1.82, 2.24) is 20.6 Å². The molecule has 0 radical (unpaired) electrons. The summed E-state index contributed by atoms with van der Waals surface area (Å²) in [7, 11) is 0. The molecule has 2 atom stereocenters. The number of benzene rings is 1. The van der Waals surface area contributed by atoms with Crippen LogP contribution >= 0.6 is 22.7 Å². The number of alkyl halides is 3. The Morgan fingerprint density at radius 3 is 2.44 bits per heavy atom. The molecule has 2 amide bonds. The third-order valence-corrected chi connectivity index (χ3v) is 6.90. The van der Waals surface area contributed by atoms with Crippen LogP contribution in [0.4, 0.5) is 17.6 Å². The zero-order valence-corrected chi connectivity index (χ0v) is 22.8. The molecule has 0 aliphatic carbocycles. The minimum absolute atomic E-state index is 0.0617. The van der Waals surface area contributed by atoms with Gasteiger partial charge in [0.1, 0.15) is 15.7 Å². The van der Waals surface area contributed by atoms with E-state index >= 15 is 0 Å². The Morgan fingerprint density at radius 1 is 1.15 bits per heavy atom. The molecule has 3 N–H and O–H groups in total. The largest absolute Gasteiger partial charge is 0.393 e. The molecule has 2 heterocycles. The number of ketones is 1. The van der Waals surface area contributed by atoms with E-state index in [-0.39, 0.29) is 39.4 Å². The molecule has 0 saturated heterocycles. The molecular formula is C25H28F4N4O4S2. The number of amides is 2. The lowest BCUT2D eigenvalue weighted by Crippen LogP contribution is -2.45.